The zero-order chi connectivity index (χ0) is 28.5. The normalized spacial score (nSPS) is 24.2. The molecule has 3 atom stereocenters. The number of phenols is 1. The van der Waals surface area contributed by atoms with E-state index < -0.39 is 57.9 Å². The van der Waals surface area contributed by atoms with Gasteiger partial charge in [0.2, 0.25) is 11.7 Å². The topological polar surface area (TPSA) is 204 Å². The Balaban J connectivity index is 1.70. The summed E-state index contributed by atoms with van der Waals surface area (Å²) in [5.41, 5.74) is 8.98. The second-order valence-corrected chi connectivity index (χ2v) is 10.4. The fourth-order valence-electron chi connectivity index (χ4n) is 6.10. The van der Waals surface area contributed by atoms with Crippen molar-refractivity contribution < 1.29 is 39.6 Å². The number of primary amides is 2. The minimum absolute atomic E-state index is 0.0485. The number of carbonyl (C=O) groups is 4. The van der Waals surface area contributed by atoms with Crippen LogP contribution >= 0.6 is 0 Å². The Hall–Kier alpha value is -4.64. The number of phenolic OH excluding ortho intramolecular Hbond substituents is 1. The predicted octanol–water partition coefficient (Wildman–Crippen LogP) is 1.41. The zero-order valence-corrected chi connectivity index (χ0v) is 21.2. The number of allylic oxidation sites excluding steroid dienone is 2. The van der Waals surface area contributed by atoms with E-state index in [1.165, 1.54) is 12.1 Å². The van der Waals surface area contributed by atoms with Gasteiger partial charge in [-0.2, -0.15) is 0 Å². The molecular formula is C28H27N3O8. The quantitative estimate of drug-likeness (QED) is 0.314. The number of nitrogens with two attached hydrogens (primary N) is 2. The highest BCUT2D eigenvalue weighted by Gasteiger charge is 2.59. The van der Waals surface area contributed by atoms with E-state index in [0.29, 0.717) is 16.8 Å². The lowest BCUT2D eigenvalue weighted by molar-refractivity contribution is -0.144. The molecular weight excluding hydrogens is 506 g/mol. The number of benzene rings is 2. The van der Waals surface area contributed by atoms with Gasteiger partial charge in [0.1, 0.15) is 22.8 Å². The first-order valence-electron chi connectivity index (χ1n) is 12.2. The molecule has 0 heterocycles. The molecule has 0 radical (unpaired) electrons. The number of nitrogens with zero attached hydrogens (tertiary/aromatic N) is 1. The molecule has 3 aliphatic rings. The van der Waals surface area contributed by atoms with Crippen LogP contribution in [0, 0.1) is 11.8 Å². The Bertz CT molecular complexity index is 1550. The van der Waals surface area contributed by atoms with Crippen LogP contribution in [0.5, 0.6) is 5.75 Å². The maximum Gasteiger partial charge on any atom is 0.255 e. The first kappa shape index (κ1) is 26.0. The third-order valence-corrected chi connectivity index (χ3v) is 8.00. The summed E-state index contributed by atoms with van der Waals surface area (Å²) >= 11 is 0. The third-order valence-electron chi connectivity index (χ3n) is 8.00. The molecule has 8 N–H and O–H groups in total. The van der Waals surface area contributed by atoms with E-state index in [-0.39, 0.29) is 47.3 Å². The van der Waals surface area contributed by atoms with E-state index in [0.717, 1.165) is 0 Å². The molecule has 39 heavy (non-hydrogen) atoms. The Morgan fingerprint density at radius 3 is 2.21 bits per heavy atom. The largest absolute Gasteiger partial charge is 0.511 e. The highest BCUT2D eigenvalue weighted by molar-refractivity contribution is 6.24. The zero-order valence-electron chi connectivity index (χ0n) is 21.2. The van der Waals surface area contributed by atoms with Gasteiger partial charge in [-0.3, -0.25) is 19.2 Å². The van der Waals surface area contributed by atoms with Crippen LogP contribution in [0.1, 0.15) is 39.1 Å². The lowest BCUT2D eigenvalue weighted by Crippen LogP contribution is -2.57. The maximum atomic E-state index is 14.0. The number of ketones is 2. The molecule has 3 aliphatic carbocycles. The molecule has 0 fully saturated rings. The molecule has 0 unspecified atom stereocenters. The number of aliphatic hydroxyl groups excluding tert-OH is 2. The Labute approximate surface area is 222 Å². The highest BCUT2D eigenvalue weighted by Crippen LogP contribution is 2.53. The van der Waals surface area contributed by atoms with E-state index in [1.54, 1.807) is 37.2 Å². The van der Waals surface area contributed by atoms with Gasteiger partial charge >= 0.3 is 0 Å². The van der Waals surface area contributed by atoms with Gasteiger partial charge in [-0.1, -0.05) is 12.1 Å². The summed E-state index contributed by atoms with van der Waals surface area (Å²) in [6, 6.07) is 7.84. The smallest absolute Gasteiger partial charge is 0.255 e. The van der Waals surface area contributed by atoms with Crippen LogP contribution in [0.3, 0.4) is 0 Å². The van der Waals surface area contributed by atoms with Crippen molar-refractivity contribution in [1.29, 1.82) is 0 Å². The molecule has 2 aromatic rings. The Kier molecular flexibility index (Phi) is 5.80. The monoisotopic (exact) mass is 533 g/mol. The van der Waals surface area contributed by atoms with Gasteiger partial charge in [-0.25, -0.2) is 0 Å². The van der Waals surface area contributed by atoms with Crippen LogP contribution in [0.4, 0.5) is 5.69 Å². The fraction of sp³-hybridized carbons (Fsp3) is 0.286. The van der Waals surface area contributed by atoms with Crippen molar-refractivity contribution in [2.45, 2.75) is 24.9 Å². The standard InChI is InChI=1S/C28H27N3O8/c1-31(2)17-10-15(11-3-5-12(6-4-11)26(29)37)22(33)20-16(17)8-13-7-14-9-18(32)21(27(30)38)25(36)28(14,39)24(35)19(13)23(20)34/h3-6,10,13-14,32-33,35,39H,7-9H2,1-2H3,(H2,29,37)(H2,30,38)/t13-,14+,28+/m1/s1. The van der Waals surface area contributed by atoms with Crippen LogP contribution in [0.2, 0.25) is 0 Å². The molecule has 2 amide bonds. The first-order chi connectivity index (χ1) is 18.3. The summed E-state index contributed by atoms with van der Waals surface area (Å²) in [6.07, 6.45) is -0.0509. The summed E-state index contributed by atoms with van der Waals surface area (Å²) in [6.45, 7) is 0. The van der Waals surface area contributed by atoms with Crippen LogP contribution in [0.25, 0.3) is 11.1 Å². The second kappa shape index (κ2) is 8.70. The summed E-state index contributed by atoms with van der Waals surface area (Å²) in [7, 11) is 3.54. The van der Waals surface area contributed by atoms with Gasteiger partial charge in [0.15, 0.2) is 11.4 Å². The minimum Gasteiger partial charge on any atom is -0.511 e. The van der Waals surface area contributed by atoms with E-state index in [4.69, 9.17) is 11.5 Å². The predicted molar refractivity (Wildman–Crippen MR) is 139 cm³/mol. The number of aromatic hydroxyl groups is 1. The summed E-state index contributed by atoms with van der Waals surface area (Å²) in [5.74, 6) is -7.41. The number of hydrogen-bond acceptors (Lipinski definition) is 9. The number of aliphatic hydroxyl groups is 3. The van der Waals surface area contributed by atoms with Crippen molar-refractivity contribution in [2.75, 3.05) is 19.0 Å². The molecule has 0 saturated heterocycles. The van der Waals surface area contributed by atoms with Gasteiger partial charge in [0.05, 0.1) is 5.56 Å². The molecule has 0 saturated carbocycles. The molecule has 0 aliphatic heterocycles. The SMILES string of the molecule is CN(C)c1cc(-c2ccc(C(N)=O)cc2)c(O)c2c1C[C@H]1C[C@H]3CC(O)=C(C(N)=O)C(=O)[C@@]3(O)C(O)=C1C2=O. The average Bonchev–Trinajstić information content (AvgIpc) is 2.86. The molecule has 11 nitrogen and oxygen atoms in total. The number of Topliss-reactive ketones (excluding diaryl/α,β-unsaturated/α-hetero) is 2. The van der Waals surface area contributed by atoms with Crippen LogP contribution in [0.15, 0.2) is 53.0 Å². The van der Waals surface area contributed by atoms with Crippen molar-refractivity contribution in [3.05, 3.63) is 69.7 Å². The molecule has 202 valence electrons. The van der Waals surface area contributed by atoms with E-state index >= 15 is 0 Å². The minimum atomic E-state index is -2.63. The number of amides is 2. The lowest BCUT2D eigenvalue weighted by atomic mass is 9.60. The molecule has 0 bridgehead atoms. The van der Waals surface area contributed by atoms with Crippen molar-refractivity contribution in [3.8, 4) is 16.9 Å². The number of anilines is 1. The van der Waals surface area contributed by atoms with Gasteiger partial charge in [0, 0.05) is 48.8 Å². The van der Waals surface area contributed by atoms with Gasteiger partial charge in [0.25, 0.3) is 5.91 Å². The number of fused-ring (bicyclic) bond motifs is 3. The van der Waals surface area contributed by atoms with E-state index in [9.17, 15) is 39.6 Å². The molecule has 2 aromatic carbocycles. The van der Waals surface area contributed by atoms with E-state index in [2.05, 4.69) is 0 Å². The lowest BCUT2D eigenvalue weighted by Gasteiger charge is -2.46. The Morgan fingerprint density at radius 1 is 1.00 bits per heavy atom. The average molecular weight is 534 g/mol. The highest BCUT2D eigenvalue weighted by atomic mass is 16.3. The second-order valence-electron chi connectivity index (χ2n) is 10.4. The van der Waals surface area contributed by atoms with Crippen LogP contribution < -0.4 is 16.4 Å². The van der Waals surface area contributed by atoms with Gasteiger partial charge in [-0.15, -0.1) is 0 Å². The maximum absolute atomic E-state index is 14.0. The van der Waals surface area contributed by atoms with Gasteiger partial charge < -0.3 is 36.8 Å². The number of hydrogen-bond donors (Lipinski definition) is 6. The summed E-state index contributed by atoms with van der Waals surface area (Å²) in [5, 5.41) is 44.3. The van der Waals surface area contributed by atoms with Crippen molar-refractivity contribution >= 4 is 29.1 Å². The third kappa shape index (κ3) is 3.61. The number of rotatable bonds is 4. The molecule has 0 aromatic heterocycles. The van der Waals surface area contributed by atoms with Crippen LogP contribution in [-0.2, 0) is 16.0 Å². The molecule has 0 spiro atoms. The van der Waals surface area contributed by atoms with E-state index in [1.807, 2.05) is 0 Å². The van der Waals surface area contributed by atoms with Crippen molar-refractivity contribution in [2.24, 2.45) is 23.3 Å². The summed E-state index contributed by atoms with van der Waals surface area (Å²) in [4.78, 5) is 52.2. The van der Waals surface area contributed by atoms with Crippen molar-refractivity contribution in [3.63, 3.8) is 0 Å². The Morgan fingerprint density at radius 2 is 1.64 bits per heavy atom. The number of carbonyl (C=O) groups excluding carboxylic acids is 4. The fourth-order valence-corrected chi connectivity index (χ4v) is 6.10. The molecule has 11 heteroatoms. The first-order valence-corrected chi connectivity index (χ1v) is 12.2. The molecule has 5 rings (SSSR count). The van der Waals surface area contributed by atoms with Crippen LogP contribution in [-0.4, -0.2) is 63.5 Å². The van der Waals surface area contributed by atoms with Gasteiger partial charge in [-0.05, 0) is 48.1 Å². The van der Waals surface area contributed by atoms with Crippen molar-refractivity contribution in [1.82, 2.24) is 0 Å². The summed E-state index contributed by atoms with van der Waals surface area (Å²) < 4.78 is 0.